The van der Waals surface area contributed by atoms with E-state index in [9.17, 15) is 14.9 Å². The Bertz CT molecular complexity index is 1540. The van der Waals surface area contributed by atoms with E-state index >= 15 is 4.39 Å². The van der Waals surface area contributed by atoms with Crippen LogP contribution in [0.1, 0.15) is 90.0 Å². The molecule has 1 heterocycles. The summed E-state index contributed by atoms with van der Waals surface area (Å²) in [4.78, 5) is 30.4. The average molecular weight is 579 g/mol. The third-order valence-corrected chi connectivity index (χ3v) is 9.82. The van der Waals surface area contributed by atoms with Crippen molar-refractivity contribution in [3.8, 4) is 6.07 Å². The number of anilines is 2. The topological polar surface area (TPSA) is 85.2 Å². The van der Waals surface area contributed by atoms with Crippen molar-refractivity contribution in [3.63, 3.8) is 0 Å². The van der Waals surface area contributed by atoms with Crippen LogP contribution in [0.2, 0.25) is 0 Å². The Morgan fingerprint density at radius 1 is 0.907 bits per heavy atom. The number of fused-ring (bicyclic) bond motifs is 1. The highest BCUT2D eigenvalue weighted by molar-refractivity contribution is 5.98. The summed E-state index contributed by atoms with van der Waals surface area (Å²) in [5.74, 6) is -1.48. The molecule has 1 aliphatic heterocycles. The fourth-order valence-corrected chi connectivity index (χ4v) is 7.60. The van der Waals surface area contributed by atoms with Crippen molar-refractivity contribution in [1.29, 1.82) is 5.26 Å². The number of amides is 2. The average Bonchev–Trinajstić information content (AvgIpc) is 3.69. The molecule has 2 N–H and O–H groups in total. The molecule has 6 nitrogen and oxygen atoms in total. The second-order valence-electron chi connectivity index (χ2n) is 12.6. The fourth-order valence-electron chi connectivity index (χ4n) is 7.60. The van der Waals surface area contributed by atoms with Gasteiger partial charge in [0.1, 0.15) is 5.82 Å². The number of benzene rings is 3. The number of hydrogen-bond acceptors (Lipinski definition) is 4. The van der Waals surface area contributed by atoms with Crippen molar-refractivity contribution >= 4 is 23.2 Å². The van der Waals surface area contributed by atoms with Gasteiger partial charge in [-0.2, -0.15) is 5.26 Å². The van der Waals surface area contributed by atoms with Crippen LogP contribution in [0, 0.1) is 42.8 Å². The first-order valence-corrected chi connectivity index (χ1v) is 15.6. The predicted octanol–water partition coefficient (Wildman–Crippen LogP) is 7.68. The van der Waals surface area contributed by atoms with E-state index < -0.39 is 17.8 Å². The molecule has 1 saturated heterocycles. The smallest absolute Gasteiger partial charge is 0.257 e. The summed E-state index contributed by atoms with van der Waals surface area (Å²) in [6.07, 6.45) is 8.15. The van der Waals surface area contributed by atoms with Crippen LogP contribution in [-0.4, -0.2) is 28.8 Å². The zero-order valence-electron chi connectivity index (χ0n) is 24.9. The molecule has 0 aromatic heterocycles. The molecule has 2 unspecified atom stereocenters. The molecule has 7 heteroatoms. The highest BCUT2D eigenvalue weighted by Gasteiger charge is 2.50. The largest absolute Gasteiger partial charge is 0.382 e. The maximum atomic E-state index is 15.3. The van der Waals surface area contributed by atoms with E-state index in [0.29, 0.717) is 29.3 Å². The Balaban J connectivity index is 1.40. The quantitative estimate of drug-likeness (QED) is 0.314. The minimum Gasteiger partial charge on any atom is -0.382 e. The van der Waals surface area contributed by atoms with Crippen LogP contribution in [0.4, 0.5) is 15.8 Å². The van der Waals surface area contributed by atoms with Gasteiger partial charge in [0.2, 0.25) is 5.91 Å². The molecular weight excluding hydrogens is 539 g/mol. The van der Waals surface area contributed by atoms with Crippen LogP contribution in [-0.2, 0) is 4.79 Å². The van der Waals surface area contributed by atoms with Crippen molar-refractivity contribution in [2.45, 2.75) is 83.3 Å². The normalized spacial score (nSPS) is 23.4. The second-order valence-corrected chi connectivity index (χ2v) is 12.6. The van der Waals surface area contributed by atoms with Gasteiger partial charge in [0.15, 0.2) is 0 Å². The number of nitrogens with zero attached hydrogens (tertiary/aromatic N) is 2. The SMILES string of the molecule is Cc1ccc(NC(=O)C2C[C@@H]3CCC[C@@H]3N(C(=O)c3c(C)cccc3F)C2c2ccc(NC3CCCC3)cc2)cc1C#N. The molecule has 2 aliphatic carbocycles. The summed E-state index contributed by atoms with van der Waals surface area (Å²) in [7, 11) is 0. The number of hydrogen-bond donors (Lipinski definition) is 2. The summed E-state index contributed by atoms with van der Waals surface area (Å²) < 4.78 is 15.3. The van der Waals surface area contributed by atoms with Crippen LogP contribution in [0.3, 0.4) is 0 Å². The van der Waals surface area contributed by atoms with Crippen LogP contribution in [0.25, 0.3) is 0 Å². The first-order chi connectivity index (χ1) is 20.8. The molecule has 3 aliphatic rings. The van der Waals surface area contributed by atoms with Crippen molar-refractivity contribution in [2.75, 3.05) is 10.6 Å². The first kappa shape index (κ1) is 28.9. The Hall–Kier alpha value is -4.18. The lowest BCUT2D eigenvalue weighted by atomic mass is 9.76. The fraction of sp³-hybridized carbons (Fsp3) is 0.417. The van der Waals surface area contributed by atoms with Crippen LogP contribution in [0.15, 0.2) is 60.7 Å². The lowest BCUT2D eigenvalue weighted by Crippen LogP contribution is -2.54. The summed E-state index contributed by atoms with van der Waals surface area (Å²) in [5, 5.41) is 16.2. The van der Waals surface area contributed by atoms with Crippen molar-refractivity contribution < 1.29 is 14.0 Å². The third-order valence-electron chi connectivity index (χ3n) is 9.82. The highest BCUT2D eigenvalue weighted by Crippen LogP contribution is 2.49. The molecule has 222 valence electrons. The second kappa shape index (κ2) is 12.2. The van der Waals surface area contributed by atoms with Crippen molar-refractivity contribution in [1.82, 2.24) is 4.90 Å². The molecule has 0 radical (unpaired) electrons. The third kappa shape index (κ3) is 5.76. The van der Waals surface area contributed by atoms with Gasteiger partial charge in [0.25, 0.3) is 5.91 Å². The lowest BCUT2D eigenvalue weighted by Gasteiger charge is -2.48. The number of carbonyl (C=O) groups is 2. The number of likely N-dealkylation sites (tertiary alicyclic amines) is 1. The maximum Gasteiger partial charge on any atom is 0.257 e. The monoisotopic (exact) mass is 578 g/mol. The van der Waals surface area contributed by atoms with E-state index in [-0.39, 0.29) is 29.3 Å². The molecule has 6 rings (SSSR count). The molecule has 43 heavy (non-hydrogen) atoms. The number of nitriles is 1. The minimum atomic E-state index is -0.563. The molecule has 4 atom stereocenters. The van der Waals surface area contributed by atoms with E-state index in [1.807, 2.05) is 42.2 Å². The first-order valence-electron chi connectivity index (χ1n) is 15.6. The zero-order valence-corrected chi connectivity index (χ0v) is 24.9. The number of nitrogens with one attached hydrogen (secondary N) is 2. The summed E-state index contributed by atoms with van der Waals surface area (Å²) in [5.41, 5.74) is 4.46. The predicted molar refractivity (Wildman–Crippen MR) is 166 cm³/mol. The van der Waals surface area contributed by atoms with Crippen molar-refractivity contribution in [3.05, 3.63) is 94.3 Å². The number of aryl methyl sites for hydroxylation is 2. The summed E-state index contributed by atoms with van der Waals surface area (Å²) in [6, 6.07) is 20.2. The molecule has 2 amide bonds. The molecule has 2 saturated carbocycles. The molecule has 3 aromatic rings. The highest BCUT2D eigenvalue weighted by atomic mass is 19.1. The zero-order chi connectivity index (χ0) is 30.1. The van der Waals surface area contributed by atoms with E-state index in [4.69, 9.17) is 0 Å². The Labute approximate surface area is 253 Å². The van der Waals surface area contributed by atoms with Crippen molar-refractivity contribution in [2.24, 2.45) is 11.8 Å². The van der Waals surface area contributed by atoms with Crippen LogP contribution < -0.4 is 10.6 Å². The maximum absolute atomic E-state index is 15.3. The van der Waals surface area contributed by atoms with E-state index in [1.165, 1.54) is 18.9 Å². The van der Waals surface area contributed by atoms with E-state index in [1.54, 1.807) is 31.2 Å². The standard InChI is InChI=1S/C36H39FN4O2/c1-22-13-16-29(19-26(22)21-38)40-35(42)30-20-25-8-6-12-32(25)41(36(43)33-23(2)7-5-11-31(33)37)34(30)24-14-17-28(18-15-24)39-27-9-3-4-10-27/h5,7,11,13-19,25,27,30,32,34,39H,3-4,6,8-10,12,20H2,1-2H3,(H,40,42)/t25-,30?,32-,34?/m0/s1. The minimum absolute atomic E-state index is 0.0681. The van der Waals surface area contributed by atoms with Gasteiger partial charge < -0.3 is 15.5 Å². The van der Waals surface area contributed by atoms with Crippen LogP contribution in [0.5, 0.6) is 0 Å². The molecule has 3 fully saturated rings. The molecule has 3 aromatic carbocycles. The number of rotatable bonds is 6. The summed E-state index contributed by atoms with van der Waals surface area (Å²) in [6.45, 7) is 3.63. The Morgan fingerprint density at radius 2 is 1.65 bits per heavy atom. The van der Waals surface area contributed by atoms with Gasteiger partial charge in [-0.3, -0.25) is 9.59 Å². The Morgan fingerprint density at radius 3 is 2.37 bits per heavy atom. The number of carbonyl (C=O) groups excluding carboxylic acids is 2. The van der Waals surface area contributed by atoms with Gasteiger partial charge in [0.05, 0.1) is 29.2 Å². The van der Waals surface area contributed by atoms with Gasteiger partial charge in [0, 0.05) is 23.5 Å². The number of halogens is 1. The van der Waals surface area contributed by atoms with Gasteiger partial charge in [-0.1, -0.05) is 49.6 Å². The summed E-state index contributed by atoms with van der Waals surface area (Å²) >= 11 is 0. The number of piperidine rings is 1. The molecular formula is C36H39FN4O2. The van der Waals surface area contributed by atoms with E-state index in [2.05, 4.69) is 16.7 Å². The van der Waals surface area contributed by atoms with Gasteiger partial charge >= 0.3 is 0 Å². The lowest BCUT2D eigenvalue weighted by molar-refractivity contribution is -0.125. The van der Waals surface area contributed by atoms with Gasteiger partial charge in [-0.15, -0.1) is 0 Å². The van der Waals surface area contributed by atoms with E-state index in [0.717, 1.165) is 48.9 Å². The van der Waals surface area contributed by atoms with Crippen LogP contribution >= 0.6 is 0 Å². The Kier molecular flexibility index (Phi) is 8.21. The van der Waals surface area contributed by atoms with Gasteiger partial charge in [-0.25, -0.2) is 4.39 Å². The van der Waals surface area contributed by atoms with Gasteiger partial charge in [-0.05, 0) is 98.9 Å². The molecule has 0 bridgehead atoms. The molecule has 0 spiro atoms.